The van der Waals surface area contributed by atoms with Crippen LogP contribution in [0.3, 0.4) is 0 Å². The zero-order valence-corrected chi connectivity index (χ0v) is 25.2. The highest BCUT2D eigenvalue weighted by Crippen LogP contribution is 2.58. The highest BCUT2D eigenvalue weighted by Gasteiger charge is 2.53. The van der Waals surface area contributed by atoms with Crippen molar-refractivity contribution in [3.8, 4) is 18.1 Å². The van der Waals surface area contributed by atoms with Crippen molar-refractivity contribution >= 4 is 45.6 Å². The van der Waals surface area contributed by atoms with Gasteiger partial charge in [0.1, 0.15) is 35.1 Å². The summed E-state index contributed by atoms with van der Waals surface area (Å²) in [6, 6.07) is 7.69. The van der Waals surface area contributed by atoms with Crippen molar-refractivity contribution < 1.29 is 13.5 Å². The van der Waals surface area contributed by atoms with Crippen LogP contribution >= 0.6 is 23.1 Å². The number of halogens is 2. The van der Waals surface area contributed by atoms with Crippen molar-refractivity contribution in [1.29, 1.82) is 10.5 Å². The fourth-order valence-corrected chi connectivity index (χ4v) is 8.67. The summed E-state index contributed by atoms with van der Waals surface area (Å²) in [7, 11) is 1.81. The van der Waals surface area contributed by atoms with Gasteiger partial charge in [0.05, 0.1) is 22.9 Å². The van der Waals surface area contributed by atoms with E-state index < -0.39 is 12.5 Å². The summed E-state index contributed by atoms with van der Waals surface area (Å²) in [5, 5.41) is 23.6. The summed E-state index contributed by atoms with van der Waals surface area (Å²) in [5.41, 5.74) is 14.9. The maximum absolute atomic E-state index is 13.7. The van der Waals surface area contributed by atoms with E-state index in [0.717, 1.165) is 21.8 Å². The van der Waals surface area contributed by atoms with E-state index in [4.69, 9.17) is 16.2 Å². The summed E-state index contributed by atoms with van der Waals surface area (Å²) >= 11 is 3.23. The summed E-state index contributed by atoms with van der Waals surface area (Å²) in [4.78, 5) is 18.4. The van der Waals surface area contributed by atoms with Gasteiger partial charge in [0.2, 0.25) is 0 Å². The molecule has 3 aliphatic rings. The number of hydrogen-bond donors (Lipinski definition) is 3. The van der Waals surface area contributed by atoms with Crippen molar-refractivity contribution in [2.24, 2.45) is 0 Å². The van der Waals surface area contributed by atoms with Gasteiger partial charge in [0.15, 0.2) is 11.6 Å². The third-order valence-corrected chi connectivity index (χ3v) is 11.0. The zero-order valence-electron chi connectivity index (χ0n) is 23.6. The van der Waals surface area contributed by atoms with Crippen LogP contribution in [-0.4, -0.2) is 60.2 Å². The lowest BCUT2D eigenvalue weighted by Gasteiger charge is -2.48. The molecule has 0 bridgehead atoms. The van der Waals surface area contributed by atoms with Gasteiger partial charge in [-0.3, -0.25) is 0 Å². The Kier molecular flexibility index (Phi) is 7.44. The second-order valence-corrected chi connectivity index (χ2v) is 13.6. The van der Waals surface area contributed by atoms with Crippen molar-refractivity contribution in [3.63, 3.8) is 0 Å². The number of piperidine rings is 1. The quantitative estimate of drug-likeness (QED) is 0.349. The topological polar surface area (TPSA) is 166 Å². The summed E-state index contributed by atoms with van der Waals surface area (Å²) < 4.78 is 33.0. The minimum absolute atomic E-state index is 0.0412. The number of hydrogen-bond acceptors (Lipinski definition) is 13. The Hall–Kier alpha value is -3.92. The second-order valence-electron chi connectivity index (χ2n) is 11.1. The van der Waals surface area contributed by atoms with Gasteiger partial charge in [-0.15, -0.1) is 23.1 Å². The van der Waals surface area contributed by atoms with Crippen LogP contribution in [0.1, 0.15) is 52.9 Å². The maximum atomic E-state index is 13.7. The van der Waals surface area contributed by atoms with Crippen LogP contribution < -0.4 is 31.3 Å². The third-order valence-electron chi connectivity index (χ3n) is 8.37. The number of pyridine rings is 1. The number of nitrogens with zero attached hydrogens (tertiary/aromatic N) is 7. The fraction of sp³-hybridized carbons (Fsp3) is 0.464. The molecule has 2 atom stereocenters. The summed E-state index contributed by atoms with van der Waals surface area (Å²) in [6.07, 6.45) is 1.64. The van der Waals surface area contributed by atoms with E-state index in [0.29, 0.717) is 41.1 Å². The minimum Gasteiger partial charge on any atom is -0.462 e. The molecule has 6 rings (SSSR count). The van der Waals surface area contributed by atoms with Gasteiger partial charge < -0.3 is 31.3 Å². The average Bonchev–Trinajstić information content (AvgIpc) is 3.50. The van der Waals surface area contributed by atoms with Crippen LogP contribution in [0, 0.1) is 22.7 Å². The maximum Gasteiger partial charge on any atom is 0.320 e. The summed E-state index contributed by atoms with van der Waals surface area (Å²) in [5.74, 6) is -0.842. The summed E-state index contributed by atoms with van der Waals surface area (Å²) in [6.45, 7) is 2.66. The number of thioether (sulfide) groups is 1. The molecule has 2 fully saturated rings. The number of thiophene rings is 1. The average molecular weight is 625 g/mol. The fourth-order valence-electron chi connectivity index (χ4n) is 5.87. The third kappa shape index (κ3) is 5.15. The highest BCUT2D eigenvalue weighted by atomic mass is 32.2. The molecule has 2 saturated heterocycles. The molecule has 15 heteroatoms. The van der Waals surface area contributed by atoms with Gasteiger partial charge in [-0.2, -0.15) is 20.5 Å². The molecule has 6 heterocycles. The number of ether oxygens (including phenoxy) is 1. The van der Waals surface area contributed by atoms with E-state index in [1.165, 1.54) is 11.3 Å². The van der Waals surface area contributed by atoms with Gasteiger partial charge in [-0.05, 0) is 19.4 Å². The van der Waals surface area contributed by atoms with Crippen LogP contribution in [0.4, 0.5) is 31.2 Å². The first kappa shape index (κ1) is 29.2. The lowest BCUT2D eigenvalue weighted by molar-refractivity contribution is -0.0337. The standard InChI is InChI=1S/C28H30F2N10OS2/c1-15(17-4-3-7-35-22(17)33)39(2)24-19(9-32)25(38-26(37-24)41-10-16-5-6-28(29,30)12-36-16)40-13-27(14-40)21-18(8-31)23(34)43-20(21)11-42-27/h3-4,7,15-16,36H,5-6,10-14,34H2,1-2H3,(H2,33,35)/t15-,16+/m1/s1. The molecule has 11 nitrogen and oxygen atoms in total. The molecule has 0 aromatic carbocycles. The Morgan fingerprint density at radius 3 is 2.70 bits per heavy atom. The van der Waals surface area contributed by atoms with E-state index in [9.17, 15) is 19.3 Å². The molecule has 224 valence electrons. The molecule has 0 saturated carbocycles. The smallest absolute Gasteiger partial charge is 0.320 e. The number of aromatic nitrogens is 3. The molecule has 3 aromatic rings. The molecule has 0 unspecified atom stereocenters. The highest BCUT2D eigenvalue weighted by molar-refractivity contribution is 8.00. The number of alkyl halides is 2. The molecule has 43 heavy (non-hydrogen) atoms. The van der Waals surface area contributed by atoms with Gasteiger partial charge in [-0.1, -0.05) is 6.07 Å². The molecule has 0 aliphatic carbocycles. The largest absolute Gasteiger partial charge is 0.462 e. The van der Waals surface area contributed by atoms with Gasteiger partial charge in [-0.25, -0.2) is 13.8 Å². The molecule has 0 amide bonds. The number of nitriles is 2. The van der Waals surface area contributed by atoms with Crippen molar-refractivity contribution in [3.05, 3.63) is 45.5 Å². The Labute approximate surface area is 255 Å². The van der Waals surface area contributed by atoms with Gasteiger partial charge in [0, 0.05) is 60.6 Å². The van der Waals surface area contributed by atoms with E-state index in [-0.39, 0.29) is 47.9 Å². The monoisotopic (exact) mass is 624 g/mol. The first-order chi connectivity index (χ1) is 20.6. The Morgan fingerprint density at radius 2 is 2.02 bits per heavy atom. The number of nitrogens with one attached hydrogen (secondary N) is 1. The van der Waals surface area contributed by atoms with Crippen LogP contribution in [-0.2, 0) is 10.5 Å². The normalized spacial score (nSPS) is 20.5. The van der Waals surface area contributed by atoms with Crippen molar-refractivity contribution in [1.82, 2.24) is 20.3 Å². The molecular weight excluding hydrogens is 595 g/mol. The SMILES string of the molecule is C[C@H](c1cccnc1N)N(C)c1nc(OC[C@@H]2CCC(F)(F)CN2)nc(N2CC3(C2)SCc2sc(N)c(C#N)c23)c1C#N. The van der Waals surface area contributed by atoms with Crippen LogP contribution in [0.2, 0.25) is 0 Å². The second kappa shape index (κ2) is 11.0. The molecule has 3 aliphatic heterocycles. The minimum atomic E-state index is -2.74. The van der Waals surface area contributed by atoms with E-state index in [1.54, 1.807) is 24.0 Å². The van der Waals surface area contributed by atoms with Gasteiger partial charge >= 0.3 is 6.01 Å². The molecule has 3 aromatic heterocycles. The molecule has 5 N–H and O–H groups in total. The Bertz CT molecular complexity index is 1640. The number of nitrogens with two attached hydrogens (primary N) is 2. The van der Waals surface area contributed by atoms with E-state index >= 15 is 0 Å². The lowest BCUT2D eigenvalue weighted by Crippen LogP contribution is -2.57. The zero-order chi connectivity index (χ0) is 30.5. The molecule has 0 radical (unpaired) electrons. The van der Waals surface area contributed by atoms with Crippen molar-refractivity contribution in [2.45, 2.75) is 48.3 Å². The first-order valence-electron chi connectivity index (χ1n) is 13.8. The number of nitrogen functional groups attached to an aromatic ring is 2. The van der Waals surface area contributed by atoms with E-state index in [1.807, 2.05) is 29.8 Å². The van der Waals surface area contributed by atoms with Crippen LogP contribution in [0.15, 0.2) is 18.3 Å². The Morgan fingerprint density at radius 1 is 1.26 bits per heavy atom. The number of fused-ring (bicyclic) bond motifs is 2. The lowest BCUT2D eigenvalue weighted by atomic mass is 9.88. The Balaban J connectivity index is 1.33. The van der Waals surface area contributed by atoms with Crippen LogP contribution in [0.25, 0.3) is 0 Å². The first-order valence-corrected chi connectivity index (χ1v) is 15.6. The molecular formula is C28H30F2N10OS2. The van der Waals surface area contributed by atoms with Crippen molar-refractivity contribution in [2.75, 3.05) is 54.6 Å². The predicted molar refractivity (Wildman–Crippen MR) is 162 cm³/mol. The number of anilines is 4. The van der Waals surface area contributed by atoms with Crippen LogP contribution in [0.5, 0.6) is 6.01 Å². The predicted octanol–water partition coefficient (Wildman–Crippen LogP) is 3.77. The van der Waals surface area contributed by atoms with Gasteiger partial charge in [0.25, 0.3) is 5.92 Å². The number of rotatable bonds is 7. The molecule has 1 spiro atoms. The van der Waals surface area contributed by atoms with E-state index in [2.05, 4.69) is 32.4 Å².